The van der Waals surface area contributed by atoms with Gasteiger partial charge in [0.15, 0.2) is 0 Å². The molecule has 2 rings (SSSR count). The molecule has 0 fully saturated rings. The van der Waals surface area contributed by atoms with Gasteiger partial charge in [-0.15, -0.1) is 0 Å². The zero-order valence-corrected chi connectivity index (χ0v) is 13.6. The predicted octanol–water partition coefficient (Wildman–Crippen LogP) is 3.73. The molecule has 0 bridgehead atoms. The first-order valence-corrected chi connectivity index (χ1v) is 7.69. The molecule has 2 aromatic carbocycles. The number of carbonyl (C=O) groups is 1. The van der Waals surface area contributed by atoms with Crippen molar-refractivity contribution in [2.24, 2.45) is 0 Å². The van der Waals surface area contributed by atoms with Crippen LogP contribution in [-0.2, 0) is 11.3 Å². The van der Waals surface area contributed by atoms with Crippen LogP contribution in [0.2, 0.25) is 0 Å². The van der Waals surface area contributed by atoms with Gasteiger partial charge in [0.05, 0.1) is 0 Å². The number of benzene rings is 2. The minimum atomic E-state index is 0.0472. The van der Waals surface area contributed by atoms with Crippen LogP contribution in [0.25, 0.3) is 0 Å². The molecule has 0 aliphatic rings. The number of aryl methyl sites for hydroxylation is 2. The summed E-state index contributed by atoms with van der Waals surface area (Å²) in [7, 11) is 0. The molecule has 0 spiro atoms. The zero-order chi connectivity index (χ0) is 15.9. The smallest absolute Gasteiger partial charge is 0.225 e. The van der Waals surface area contributed by atoms with Crippen molar-refractivity contribution in [1.82, 2.24) is 5.32 Å². The van der Waals surface area contributed by atoms with Gasteiger partial charge in [-0.25, -0.2) is 0 Å². The van der Waals surface area contributed by atoms with Crippen LogP contribution in [0.15, 0.2) is 42.5 Å². The van der Waals surface area contributed by atoms with E-state index in [9.17, 15) is 4.79 Å². The molecule has 0 radical (unpaired) electrons. The molecule has 0 heterocycles. The van der Waals surface area contributed by atoms with Crippen molar-refractivity contribution in [3.8, 4) is 0 Å². The van der Waals surface area contributed by atoms with Crippen LogP contribution in [0.5, 0.6) is 0 Å². The van der Waals surface area contributed by atoms with E-state index in [-0.39, 0.29) is 5.91 Å². The maximum absolute atomic E-state index is 12.0. The molecule has 0 saturated carbocycles. The fourth-order valence-electron chi connectivity index (χ4n) is 2.33. The van der Waals surface area contributed by atoms with E-state index in [2.05, 4.69) is 42.7 Å². The lowest BCUT2D eigenvalue weighted by Gasteiger charge is -2.11. The lowest BCUT2D eigenvalue weighted by atomic mass is 10.1. The van der Waals surface area contributed by atoms with E-state index in [1.54, 1.807) is 0 Å². The van der Waals surface area contributed by atoms with Crippen molar-refractivity contribution < 1.29 is 4.79 Å². The van der Waals surface area contributed by atoms with Crippen molar-refractivity contribution in [3.63, 3.8) is 0 Å². The van der Waals surface area contributed by atoms with E-state index in [1.807, 2.05) is 31.2 Å². The number of nitrogens with one attached hydrogen (secondary N) is 2. The molecule has 0 saturated heterocycles. The molecular weight excluding hydrogens is 272 g/mol. The fraction of sp³-hybridized carbons (Fsp3) is 0.316. The van der Waals surface area contributed by atoms with E-state index >= 15 is 0 Å². The molecular formula is C19H24N2O. The molecule has 3 heteroatoms. The van der Waals surface area contributed by atoms with Crippen LogP contribution in [0.4, 0.5) is 5.69 Å². The highest BCUT2D eigenvalue weighted by molar-refractivity contribution is 5.91. The molecule has 0 aliphatic carbocycles. The number of carbonyl (C=O) groups excluding carboxylic acids is 1. The maximum Gasteiger partial charge on any atom is 0.225 e. The molecule has 116 valence electrons. The summed E-state index contributed by atoms with van der Waals surface area (Å²) in [5.41, 5.74) is 5.77. The fourth-order valence-corrected chi connectivity index (χ4v) is 2.33. The molecule has 0 atom stereocenters. The third-order valence-corrected chi connectivity index (χ3v) is 3.98. The van der Waals surface area contributed by atoms with Gasteiger partial charge >= 0.3 is 0 Å². The van der Waals surface area contributed by atoms with Crippen molar-refractivity contribution in [1.29, 1.82) is 0 Å². The van der Waals surface area contributed by atoms with Gasteiger partial charge in [0.25, 0.3) is 0 Å². The monoisotopic (exact) mass is 296 g/mol. The van der Waals surface area contributed by atoms with Crippen LogP contribution < -0.4 is 10.6 Å². The Bertz CT molecular complexity index is 650. The van der Waals surface area contributed by atoms with E-state index in [1.165, 1.54) is 16.7 Å². The second-order valence-corrected chi connectivity index (χ2v) is 5.65. The Balaban J connectivity index is 1.76. The van der Waals surface area contributed by atoms with Crippen molar-refractivity contribution in [3.05, 3.63) is 64.7 Å². The van der Waals surface area contributed by atoms with E-state index in [4.69, 9.17) is 0 Å². The van der Waals surface area contributed by atoms with Gasteiger partial charge in [-0.1, -0.05) is 36.4 Å². The summed E-state index contributed by atoms with van der Waals surface area (Å²) in [6.45, 7) is 7.65. The van der Waals surface area contributed by atoms with E-state index in [0.717, 1.165) is 17.8 Å². The third-order valence-electron chi connectivity index (χ3n) is 3.98. The third kappa shape index (κ3) is 4.43. The van der Waals surface area contributed by atoms with Crippen molar-refractivity contribution in [2.45, 2.75) is 33.7 Å². The van der Waals surface area contributed by atoms with Gasteiger partial charge in [-0.3, -0.25) is 4.79 Å². The molecule has 1 amide bonds. The lowest BCUT2D eigenvalue weighted by Crippen LogP contribution is -2.22. The van der Waals surface area contributed by atoms with Gasteiger partial charge in [0, 0.05) is 25.2 Å². The summed E-state index contributed by atoms with van der Waals surface area (Å²) < 4.78 is 0. The first-order valence-electron chi connectivity index (χ1n) is 7.69. The second-order valence-electron chi connectivity index (χ2n) is 5.65. The summed E-state index contributed by atoms with van der Waals surface area (Å²) in [6.07, 6.45) is 0.471. The average Bonchev–Trinajstić information content (AvgIpc) is 2.50. The Morgan fingerprint density at radius 2 is 1.68 bits per heavy atom. The van der Waals surface area contributed by atoms with Crippen LogP contribution >= 0.6 is 0 Å². The zero-order valence-electron chi connectivity index (χ0n) is 13.6. The molecule has 0 unspecified atom stereocenters. The maximum atomic E-state index is 12.0. The SMILES string of the molecule is Cc1ccccc1CNCCC(=O)Nc1cccc(C)c1C. The van der Waals surface area contributed by atoms with E-state index in [0.29, 0.717) is 13.0 Å². The first-order chi connectivity index (χ1) is 10.6. The first kappa shape index (κ1) is 16.2. The van der Waals surface area contributed by atoms with Crippen molar-refractivity contribution >= 4 is 11.6 Å². The van der Waals surface area contributed by atoms with Crippen LogP contribution in [0.3, 0.4) is 0 Å². The minimum absolute atomic E-state index is 0.0472. The number of hydrogen-bond acceptors (Lipinski definition) is 2. The van der Waals surface area contributed by atoms with Crippen molar-refractivity contribution in [2.75, 3.05) is 11.9 Å². The van der Waals surface area contributed by atoms with Crippen LogP contribution in [0.1, 0.15) is 28.7 Å². The average molecular weight is 296 g/mol. The lowest BCUT2D eigenvalue weighted by molar-refractivity contribution is -0.116. The Morgan fingerprint density at radius 1 is 0.955 bits per heavy atom. The summed E-state index contributed by atoms with van der Waals surface area (Å²) in [5, 5.41) is 6.31. The molecule has 0 aliphatic heterocycles. The summed E-state index contributed by atoms with van der Waals surface area (Å²) in [6, 6.07) is 14.3. The summed E-state index contributed by atoms with van der Waals surface area (Å²) >= 11 is 0. The van der Waals surface area contributed by atoms with Gasteiger partial charge in [0.2, 0.25) is 5.91 Å². The quantitative estimate of drug-likeness (QED) is 0.798. The molecule has 2 aromatic rings. The summed E-state index contributed by atoms with van der Waals surface area (Å²) in [4.78, 5) is 12.0. The largest absolute Gasteiger partial charge is 0.326 e. The Kier molecular flexibility index (Phi) is 5.73. The van der Waals surface area contributed by atoms with Gasteiger partial charge in [-0.05, 0) is 49.1 Å². The van der Waals surface area contributed by atoms with Crippen LogP contribution in [-0.4, -0.2) is 12.5 Å². The highest BCUT2D eigenvalue weighted by Gasteiger charge is 2.05. The van der Waals surface area contributed by atoms with Crippen LogP contribution in [0, 0.1) is 20.8 Å². The minimum Gasteiger partial charge on any atom is -0.326 e. The second kappa shape index (κ2) is 7.76. The summed E-state index contributed by atoms with van der Waals surface area (Å²) in [5.74, 6) is 0.0472. The van der Waals surface area contributed by atoms with E-state index < -0.39 is 0 Å². The Labute approximate surface area is 132 Å². The topological polar surface area (TPSA) is 41.1 Å². The standard InChI is InChI=1S/C19H24N2O/c1-14-8-6-10-18(16(14)3)21-19(22)11-12-20-13-17-9-5-4-7-15(17)2/h4-10,20H,11-13H2,1-3H3,(H,21,22). The molecule has 2 N–H and O–H groups in total. The predicted molar refractivity (Wildman–Crippen MR) is 92.0 cm³/mol. The Hall–Kier alpha value is -2.13. The highest BCUT2D eigenvalue weighted by atomic mass is 16.1. The number of rotatable bonds is 6. The molecule has 22 heavy (non-hydrogen) atoms. The Morgan fingerprint density at radius 3 is 2.45 bits per heavy atom. The van der Waals surface area contributed by atoms with Gasteiger partial charge in [-0.2, -0.15) is 0 Å². The molecule has 0 aromatic heterocycles. The normalized spacial score (nSPS) is 10.5. The molecule has 3 nitrogen and oxygen atoms in total. The number of hydrogen-bond donors (Lipinski definition) is 2. The number of anilines is 1. The van der Waals surface area contributed by atoms with Gasteiger partial charge < -0.3 is 10.6 Å². The van der Waals surface area contributed by atoms with Gasteiger partial charge in [0.1, 0.15) is 0 Å². The number of amides is 1. The highest BCUT2D eigenvalue weighted by Crippen LogP contribution is 2.17.